The summed E-state index contributed by atoms with van der Waals surface area (Å²) in [6, 6.07) is 0. The lowest BCUT2D eigenvalue weighted by Crippen LogP contribution is -2.08. The van der Waals surface area contributed by atoms with Crippen molar-refractivity contribution in [1.82, 2.24) is 0 Å². The van der Waals surface area contributed by atoms with E-state index in [9.17, 15) is 4.79 Å². The molecule has 1 N–H and O–H groups in total. The smallest absolute Gasteiger partial charge is 0.331 e. The lowest BCUT2D eigenvalue weighted by molar-refractivity contribution is -0.133. The van der Waals surface area contributed by atoms with E-state index in [1.165, 1.54) is 83.5 Å². The molecule has 2 nitrogen and oxygen atoms in total. The molecule has 0 fully saturated rings. The second kappa shape index (κ2) is 16.1. The van der Waals surface area contributed by atoms with E-state index >= 15 is 0 Å². The number of hydrogen-bond acceptors (Lipinski definition) is 1. The number of carboxylic acids is 1. The fraction of sp³-hybridized carbons (Fsp3) is 0.857. The van der Waals surface area contributed by atoms with Crippen LogP contribution < -0.4 is 0 Å². The van der Waals surface area contributed by atoms with Gasteiger partial charge in [-0.25, -0.2) is 4.79 Å². The molecule has 0 radical (unpaired) electrons. The molecule has 0 aromatic rings. The molecule has 0 saturated carbocycles. The van der Waals surface area contributed by atoms with Crippen molar-refractivity contribution < 1.29 is 9.90 Å². The van der Waals surface area contributed by atoms with Crippen molar-refractivity contribution in [3.05, 3.63) is 12.2 Å². The summed E-state index contributed by atoms with van der Waals surface area (Å²) in [4.78, 5) is 10.8. The summed E-state index contributed by atoms with van der Waals surface area (Å²) in [5, 5.41) is 8.87. The third kappa shape index (κ3) is 14.5. The molecule has 0 rings (SSSR count). The zero-order chi connectivity index (χ0) is 17.3. The Hall–Kier alpha value is -0.790. The summed E-state index contributed by atoms with van der Waals surface area (Å²) in [7, 11) is 0. The minimum Gasteiger partial charge on any atom is -0.478 e. The summed E-state index contributed by atoms with van der Waals surface area (Å²) in [6.45, 7) is 7.88. The van der Waals surface area contributed by atoms with E-state index in [0.29, 0.717) is 5.57 Å². The fourth-order valence-electron chi connectivity index (χ4n) is 3.03. The number of rotatable bonds is 17. The highest BCUT2D eigenvalue weighted by atomic mass is 16.4. The molecule has 0 aliphatic heterocycles. The van der Waals surface area contributed by atoms with Crippen LogP contribution in [0, 0.1) is 5.92 Å². The molecule has 0 aliphatic carbocycles. The van der Waals surface area contributed by atoms with E-state index in [2.05, 4.69) is 13.5 Å². The maximum absolute atomic E-state index is 10.8. The second-order valence-electron chi connectivity index (χ2n) is 7.12. The molecule has 0 aromatic carbocycles. The SMILES string of the molecule is C=C(C(=O)O)C(C)CCCCCCCCCCCCCCCC. The average molecular weight is 325 g/mol. The van der Waals surface area contributed by atoms with E-state index in [4.69, 9.17) is 5.11 Å². The van der Waals surface area contributed by atoms with E-state index in [0.717, 1.165) is 12.8 Å². The summed E-state index contributed by atoms with van der Waals surface area (Å²) >= 11 is 0. The third-order valence-corrected chi connectivity index (χ3v) is 4.86. The predicted octanol–water partition coefficient (Wildman–Crippen LogP) is 7.13. The molecular formula is C21H40O2. The highest BCUT2D eigenvalue weighted by molar-refractivity contribution is 5.86. The first-order valence-electron chi connectivity index (χ1n) is 10.0. The Bertz CT molecular complexity index is 296. The van der Waals surface area contributed by atoms with Crippen molar-refractivity contribution in [2.75, 3.05) is 0 Å². The maximum atomic E-state index is 10.8. The molecular weight excluding hydrogens is 284 g/mol. The number of carbonyl (C=O) groups is 1. The minimum atomic E-state index is -0.845. The van der Waals surface area contributed by atoms with Gasteiger partial charge in [-0.1, -0.05) is 110 Å². The van der Waals surface area contributed by atoms with Gasteiger partial charge in [-0.15, -0.1) is 0 Å². The first-order valence-corrected chi connectivity index (χ1v) is 10.0. The van der Waals surface area contributed by atoms with Crippen molar-refractivity contribution in [3.63, 3.8) is 0 Å². The van der Waals surface area contributed by atoms with Crippen LogP contribution in [0.25, 0.3) is 0 Å². The van der Waals surface area contributed by atoms with Gasteiger partial charge in [0.1, 0.15) is 0 Å². The molecule has 0 aromatic heterocycles. The Morgan fingerprint density at radius 3 is 1.48 bits per heavy atom. The van der Waals surface area contributed by atoms with Crippen molar-refractivity contribution in [1.29, 1.82) is 0 Å². The Morgan fingerprint density at radius 2 is 1.13 bits per heavy atom. The van der Waals surface area contributed by atoms with E-state index in [1.807, 2.05) is 6.92 Å². The lowest BCUT2D eigenvalue weighted by Gasteiger charge is -2.10. The quantitative estimate of drug-likeness (QED) is 0.228. The van der Waals surface area contributed by atoms with Crippen LogP contribution in [0.2, 0.25) is 0 Å². The van der Waals surface area contributed by atoms with Gasteiger partial charge in [-0.05, 0) is 12.3 Å². The Morgan fingerprint density at radius 1 is 0.783 bits per heavy atom. The summed E-state index contributed by atoms with van der Waals surface area (Å²) in [5.41, 5.74) is 0.361. The first-order chi connectivity index (χ1) is 11.1. The molecule has 0 bridgehead atoms. The zero-order valence-electron chi connectivity index (χ0n) is 15.7. The second-order valence-corrected chi connectivity index (χ2v) is 7.12. The van der Waals surface area contributed by atoms with Gasteiger partial charge in [0.2, 0.25) is 0 Å². The number of carboxylic acid groups (broad SMARTS) is 1. The highest BCUT2D eigenvalue weighted by Gasteiger charge is 2.12. The van der Waals surface area contributed by atoms with Crippen molar-refractivity contribution in [2.45, 2.75) is 110 Å². The van der Waals surface area contributed by atoms with Crippen LogP contribution >= 0.6 is 0 Å². The van der Waals surface area contributed by atoms with E-state index in [-0.39, 0.29) is 5.92 Å². The van der Waals surface area contributed by atoms with Gasteiger partial charge >= 0.3 is 5.97 Å². The van der Waals surface area contributed by atoms with Crippen molar-refractivity contribution in [3.8, 4) is 0 Å². The summed E-state index contributed by atoms with van der Waals surface area (Å²) in [5.74, 6) is -0.729. The Kier molecular flexibility index (Phi) is 15.5. The molecule has 1 atom stereocenters. The summed E-state index contributed by atoms with van der Waals surface area (Å²) in [6.07, 6.45) is 20.0. The molecule has 1 unspecified atom stereocenters. The van der Waals surface area contributed by atoms with Crippen LogP contribution in [-0.4, -0.2) is 11.1 Å². The molecule has 2 heteroatoms. The Labute approximate surface area is 144 Å². The first kappa shape index (κ1) is 22.2. The number of aliphatic carboxylic acids is 1. The minimum absolute atomic E-state index is 0.116. The van der Waals surface area contributed by atoms with Crippen LogP contribution in [0.4, 0.5) is 0 Å². The van der Waals surface area contributed by atoms with Gasteiger partial charge in [-0.2, -0.15) is 0 Å². The number of hydrogen-bond donors (Lipinski definition) is 1. The fourth-order valence-corrected chi connectivity index (χ4v) is 3.03. The van der Waals surface area contributed by atoms with Crippen molar-refractivity contribution >= 4 is 5.97 Å². The van der Waals surface area contributed by atoms with Crippen LogP contribution in [0.5, 0.6) is 0 Å². The van der Waals surface area contributed by atoms with Crippen LogP contribution in [0.1, 0.15) is 110 Å². The monoisotopic (exact) mass is 324 g/mol. The molecule has 0 heterocycles. The largest absolute Gasteiger partial charge is 0.478 e. The predicted molar refractivity (Wildman–Crippen MR) is 101 cm³/mol. The molecule has 0 spiro atoms. The van der Waals surface area contributed by atoms with Gasteiger partial charge in [0.25, 0.3) is 0 Å². The van der Waals surface area contributed by atoms with Gasteiger partial charge in [0.05, 0.1) is 0 Å². The maximum Gasteiger partial charge on any atom is 0.331 e. The van der Waals surface area contributed by atoms with Crippen LogP contribution in [0.3, 0.4) is 0 Å². The van der Waals surface area contributed by atoms with Crippen molar-refractivity contribution in [2.24, 2.45) is 5.92 Å². The van der Waals surface area contributed by atoms with E-state index < -0.39 is 5.97 Å². The molecule has 0 saturated heterocycles. The lowest BCUT2D eigenvalue weighted by atomic mass is 9.95. The number of unbranched alkanes of at least 4 members (excludes halogenated alkanes) is 13. The standard InChI is InChI=1S/C21H40O2/c1-4-5-6-7-8-9-10-11-12-13-14-15-16-17-18-19(2)20(3)21(22)23/h19H,3-18H2,1-2H3,(H,22,23). The molecule has 136 valence electrons. The molecule has 23 heavy (non-hydrogen) atoms. The van der Waals surface area contributed by atoms with E-state index in [1.54, 1.807) is 0 Å². The zero-order valence-corrected chi connectivity index (χ0v) is 15.7. The topological polar surface area (TPSA) is 37.3 Å². The Balaban J connectivity index is 3.19. The van der Waals surface area contributed by atoms with Crippen LogP contribution in [0.15, 0.2) is 12.2 Å². The van der Waals surface area contributed by atoms with Crippen LogP contribution in [-0.2, 0) is 4.79 Å². The van der Waals surface area contributed by atoms with Gasteiger partial charge in [0, 0.05) is 5.57 Å². The average Bonchev–Trinajstić information content (AvgIpc) is 2.54. The van der Waals surface area contributed by atoms with Gasteiger partial charge in [0.15, 0.2) is 0 Å². The molecule has 0 amide bonds. The normalized spacial score (nSPS) is 12.3. The highest BCUT2D eigenvalue weighted by Crippen LogP contribution is 2.18. The third-order valence-electron chi connectivity index (χ3n) is 4.86. The molecule has 0 aliphatic rings. The summed E-state index contributed by atoms with van der Waals surface area (Å²) < 4.78 is 0. The van der Waals surface area contributed by atoms with Gasteiger partial charge < -0.3 is 5.11 Å². The van der Waals surface area contributed by atoms with Gasteiger partial charge in [-0.3, -0.25) is 0 Å².